The van der Waals surface area contributed by atoms with Crippen LogP contribution in [-0.2, 0) is 13.3 Å². The molecule has 124 valence electrons. The van der Waals surface area contributed by atoms with Crippen LogP contribution in [0.4, 0.5) is 0 Å². The molecular formula is C16H34O3Si2. The first-order chi connectivity index (χ1) is 9.96. The van der Waals surface area contributed by atoms with Crippen molar-refractivity contribution in [2.24, 2.45) is 11.8 Å². The van der Waals surface area contributed by atoms with Crippen molar-refractivity contribution >= 4 is 16.9 Å². The summed E-state index contributed by atoms with van der Waals surface area (Å²) in [6, 6.07) is 0. The van der Waals surface area contributed by atoms with Gasteiger partial charge in [-0.3, -0.25) is 0 Å². The van der Waals surface area contributed by atoms with Crippen molar-refractivity contribution in [1.82, 2.24) is 0 Å². The first-order valence-corrected chi connectivity index (χ1v) is 14.1. The van der Waals surface area contributed by atoms with Gasteiger partial charge in [-0.25, -0.2) is 0 Å². The minimum absolute atomic E-state index is 0.760. The number of hydrogen-bond acceptors (Lipinski definition) is 3. The van der Waals surface area contributed by atoms with Gasteiger partial charge in [0.05, 0.1) is 0 Å². The number of fused-ring (bicyclic) bond motifs is 2. The molecule has 0 aliphatic heterocycles. The zero-order valence-electron chi connectivity index (χ0n) is 14.6. The molecule has 0 N–H and O–H groups in total. The van der Waals surface area contributed by atoms with Gasteiger partial charge >= 0.3 is 8.56 Å². The van der Waals surface area contributed by atoms with Crippen molar-refractivity contribution in [3.63, 3.8) is 0 Å². The van der Waals surface area contributed by atoms with Gasteiger partial charge in [0.25, 0.3) is 0 Å². The second-order valence-electron chi connectivity index (χ2n) is 7.20. The molecule has 4 unspecified atom stereocenters. The molecule has 0 heterocycles. The Morgan fingerprint density at radius 2 is 1.48 bits per heavy atom. The van der Waals surface area contributed by atoms with E-state index in [-0.39, 0.29) is 0 Å². The first kappa shape index (κ1) is 17.7. The Bertz CT molecular complexity index is 333. The molecule has 2 rings (SSSR count). The van der Waals surface area contributed by atoms with Crippen LogP contribution in [-0.4, -0.2) is 36.7 Å². The van der Waals surface area contributed by atoms with Gasteiger partial charge in [-0.1, -0.05) is 12.8 Å². The van der Waals surface area contributed by atoms with Crippen molar-refractivity contribution < 1.29 is 13.3 Å². The Hall–Kier alpha value is 0.314. The molecule has 0 aromatic rings. The Kier molecular flexibility index (Phi) is 6.10. The SMILES string of the molecule is CCO[Si](C)(C[Si](C)(OCC)C1CC2CCC1C2)OCC. The molecule has 0 aromatic carbocycles. The topological polar surface area (TPSA) is 27.7 Å². The lowest BCUT2D eigenvalue weighted by Crippen LogP contribution is -2.53. The third-order valence-corrected chi connectivity index (χ3v) is 16.0. The average molecular weight is 331 g/mol. The third kappa shape index (κ3) is 3.99. The predicted molar refractivity (Wildman–Crippen MR) is 92.1 cm³/mol. The summed E-state index contributed by atoms with van der Waals surface area (Å²) in [5.41, 5.74) is 1.94. The molecule has 5 heteroatoms. The minimum Gasteiger partial charge on any atom is -0.417 e. The van der Waals surface area contributed by atoms with E-state index < -0.39 is 16.9 Å². The largest absolute Gasteiger partial charge is 0.417 e. The van der Waals surface area contributed by atoms with E-state index in [1.165, 1.54) is 25.7 Å². The Morgan fingerprint density at radius 1 is 0.857 bits per heavy atom. The van der Waals surface area contributed by atoms with Crippen molar-refractivity contribution in [1.29, 1.82) is 0 Å². The summed E-state index contributed by atoms with van der Waals surface area (Å²) in [5, 5.41) is 0. The number of hydrogen-bond donors (Lipinski definition) is 0. The second-order valence-corrected chi connectivity index (χ2v) is 15.1. The van der Waals surface area contributed by atoms with Crippen molar-refractivity contribution in [2.45, 2.75) is 70.8 Å². The Morgan fingerprint density at radius 3 is 1.90 bits per heavy atom. The van der Waals surface area contributed by atoms with E-state index in [1.54, 1.807) is 0 Å². The summed E-state index contributed by atoms with van der Waals surface area (Å²) in [6.45, 7) is 13.4. The highest BCUT2D eigenvalue weighted by molar-refractivity contribution is 6.89. The van der Waals surface area contributed by atoms with Gasteiger partial charge < -0.3 is 13.3 Å². The fourth-order valence-electron chi connectivity index (χ4n) is 5.00. The number of rotatable bonds is 9. The second kappa shape index (κ2) is 7.26. The van der Waals surface area contributed by atoms with Crippen LogP contribution < -0.4 is 0 Å². The highest BCUT2D eigenvalue weighted by Gasteiger charge is 2.54. The molecule has 0 radical (unpaired) electrons. The van der Waals surface area contributed by atoms with Crippen molar-refractivity contribution in [2.75, 3.05) is 19.8 Å². The highest BCUT2D eigenvalue weighted by Crippen LogP contribution is 2.56. The van der Waals surface area contributed by atoms with Crippen LogP contribution in [0.1, 0.15) is 46.5 Å². The molecule has 2 fully saturated rings. The van der Waals surface area contributed by atoms with Crippen LogP contribution in [0.5, 0.6) is 0 Å². The summed E-state index contributed by atoms with van der Waals surface area (Å²) < 4.78 is 18.7. The maximum atomic E-state index is 6.47. The maximum Gasteiger partial charge on any atom is 0.334 e. The van der Waals surface area contributed by atoms with E-state index in [2.05, 4.69) is 33.9 Å². The molecule has 0 spiro atoms. The molecule has 21 heavy (non-hydrogen) atoms. The summed E-state index contributed by atoms with van der Waals surface area (Å²) >= 11 is 0. The van der Waals surface area contributed by atoms with Gasteiger partial charge in [0.15, 0.2) is 8.32 Å². The zero-order valence-corrected chi connectivity index (χ0v) is 16.6. The zero-order chi connectivity index (χ0) is 15.5. The van der Waals surface area contributed by atoms with Crippen LogP contribution in [0.3, 0.4) is 0 Å². The van der Waals surface area contributed by atoms with Crippen LogP contribution in [0.25, 0.3) is 0 Å². The minimum atomic E-state index is -2.08. The van der Waals surface area contributed by atoms with Gasteiger partial charge in [-0.15, -0.1) is 0 Å². The van der Waals surface area contributed by atoms with Gasteiger partial charge in [-0.2, -0.15) is 0 Å². The van der Waals surface area contributed by atoms with E-state index in [0.29, 0.717) is 0 Å². The summed E-state index contributed by atoms with van der Waals surface area (Å²) in [6.07, 6.45) is 5.77. The summed E-state index contributed by atoms with van der Waals surface area (Å²) in [7, 11) is -3.85. The van der Waals surface area contributed by atoms with Crippen LogP contribution >= 0.6 is 0 Å². The quantitative estimate of drug-likeness (QED) is 0.584. The standard InChI is InChI=1S/C16H34O3Si2/c1-6-17-20(4,13-21(5,18-7-2)19-8-3)16-12-14-9-10-15(16)11-14/h14-16H,6-13H2,1-5H3. The summed E-state index contributed by atoms with van der Waals surface area (Å²) in [5.74, 6) is 1.92. The average Bonchev–Trinajstić information content (AvgIpc) is 3.01. The molecule has 2 bridgehead atoms. The Labute approximate surface area is 133 Å². The molecule has 3 nitrogen and oxygen atoms in total. The summed E-state index contributed by atoms with van der Waals surface area (Å²) in [4.78, 5) is 0. The molecule has 2 saturated carbocycles. The Balaban J connectivity index is 2.12. The molecule has 0 saturated heterocycles. The van der Waals surface area contributed by atoms with E-state index in [1.807, 2.05) is 0 Å². The molecule has 0 amide bonds. The van der Waals surface area contributed by atoms with E-state index >= 15 is 0 Å². The molecular weight excluding hydrogens is 296 g/mol. The lowest BCUT2D eigenvalue weighted by atomic mass is 10.0. The molecule has 0 aromatic heterocycles. The lowest BCUT2D eigenvalue weighted by molar-refractivity contribution is 0.189. The van der Waals surface area contributed by atoms with Gasteiger partial charge in [0, 0.05) is 25.5 Å². The monoisotopic (exact) mass is 330 g/mol. The van der Waals surface area contributed by atoms with Crippen LogP contribution in [0.2, 0.25) is 24.3 Å². The normalized spacial score (nSPS) is 31.6. The highest BCUT2D eigenvalue weighted by atomic mass is 28.4. The van der Waals surface area contributed by atoms with Gasteiger partial charge in [0.2, 0.25) is 0 Å². The van der Waals surface area contributed by atoms with E-state index in [9.17, 15) is 0 Å². The van der Waals surface area contributed by atoms with Crippen molar-refractivity contribution in [3.05, 3.63) is 0 Å². The fourth-order valence-corrected chi connectivity index (χ4v) is 16.7. The van der Waals surface area contributed by atoms with E-state index in [4.69, 9.17) is 13.3 Å². The van der Waals surface area contributed by atoms with Crippen LogP contribution in [0, 0.1) is 11.8 Å². The fraction of sp³-hybridized carbons (Fsp3) is 1.00. The predicted octanol–water partition coefficient (Wildman–Crippen LogP) is 4.47. The molecule has 2 aliphatic carbocycles. The maximum absolute atomic E-state index is 6.47. The molecule has 2 aliphatic rings. The van der Waals surface area contributed by atoms with Crippen molar-refractivity contribution in [3.8, 4) is 0 Å². The van der Waals surface area contributed by atoms with Crippen LogP contribution in [0.15, 0.2) is 0 Å². The molecule has 4 atom stereocenters. The van der Waals surface area contributed by atoms with Gasteiger partial charge in [0.1, 0.15) is 0 Å². The van der Waals surface area contributed by atoms with Gasteiger partial charge in [-0.05, 0) is 64.1 Å². The van der Waals surface area contributed by atoms with E-state index in [0.717, 1.165) is 42.9 Å². The smallest absolute Gasteiger partial charge is 0.334 e. The third-order valence-electron chi connectivity index (χ3n) is 5.57. The first-order valence-electron chi connectivity index (χ1n) is 8.88. The lowest BCUT2D eigenvalue weighted by Gasteiger charge is -2.41.